The van der Waals surface area contributed by atoms with Crippen LogP contribution in [0.5, 0.6) is 5.75 Å². The molecule has 1 rings (SSSR count). The minimum Gasteiger partial charge on any atom is -0.490 e. The van der Waals surface area contributed by atoms with E-state index in [0.29, 0.717) is 5.75 Å². The predicted molar refractivity (Wildman–Crippen MR) is 59.1 cm³/mol. The van der Waals surface area contributed by atoms with Crippen molar-refractivity contribution in [3.63, 3.8) is 0 Å². The summed E-state index contributed by atoms with van der Waals surface area (Å²) in [6.07, 6.45) is 0.372. The third-order valence-corrected chi connectivity index (χ3v) is 1.83. The summed E-state index contributed by atoms with van der Waals surface area (Å²) in [5, 5.41) is 8.96. The van der Waals surface area contributed by atoms with Gasteiger partial charge in [0.1, 0.15) is 12.4 Å². The number of benzene rings is 1. The van der Waals surface area contributed by atoms with Gasteiger partial charge >= 0.3 is 5.97 Å². The minimum absolute atomic E-state index is 0.111. The van der Waals surface area contributed by atoms with Gasteiger partial charge < -0.3 is 14.6 Å². The normalized spacial score (nSPS) is 11.6. The van der Waals surface area contributed by atoms with Gasteiger partial charge in [0, 0.05) is 6.08 Å². The van der Waals surface area contributed by atoms with Crippen molar-refractivity contribution in [2.75, 3.05) is 13.2 Å². The summed E-state index contributed by atoms with van der Waals surface area (Å²) >= 11 is 0. The van der Waals surface area contributed by atoms with E-state index in [1.54, 1.807) is 12.1 Å². The lowest BCUT2D eigenvalue weighted by Crippen LogP contribution is -2.27. The van der Waals surface area contributed by atoms with Gasteiger partial charge in [0.05, 0.1) is 6.61 Å². The Kier molecular flexibility index (Phi) is 5.08. The molecule has 4 nitrogen and oxygen atoms in total. The van der Waals surface area contributed by atoms with E-state index in [4.69, 9.17) is 14.6 Å². The second-order valence-electron chi connectivity index (χ2n) is 3.07. The number of rotatable bonds is 6. The van der Waals surface area contributed by atoms with Crippen molar-refractivity contribution in [3.8, 4) is 5.75 Å². The van der Waals surface area contributed by atoms with Crippen molar-refractivity contribution >= 4 is 5.97 Å². The van der Waals surface area contributed by atoms with Crippen LogP contribution in [0.2, 0.25) is 0 Å². The number of para-hydroxylation sites is 1. The molecule has 1 unspecified atom stereocenters. The van der Waals surface area contributed by atoms with Gasteiger partial charge in [-0.3, -0.25) is 0 Å². The number of esters is 1. The van der Waals surface area contributed by atoms with E-state index in [1.165, 1.54) is 0 Å². The molecule has 1 N–H and O–H groups in total. The van der Waals surface area contributed by atoms with Crippen LogP contribution in [0.25, 0.3) is 0 Å². The number of hydrogen-bond acceptors (Lipinski definition) is 4. The van der Waals surface area contributed by atoms with E-state index >= 15 is 0 Å². The van der Waals surface area contributed by atoms with Crippen molar-refractivity contribution < 1.29 is 19.4 Å². The molecular formula is C12H14O4. The van der Waals surface area contributed by atoms with Gasteiger partial charge in [-0.05, 0) is 12.1 Å². The molecule has 0 fully saturated rings. The molecule has 0 heterocycles. The van der Waals surface area contributed by atoms with E-state index in [9.17, 15) is 4.79 Å². The van der Waals surface area contributed by atoms with E-state index < -0.39 is 12.1 Å². The minimum atomic E-state index is -0.675. The maximum Gasteiger partial charge on any atom is 0.330 e. The van der Waals surface area contributed by atoms with Crippen LogP contribution in [-0.4, -0.2) is 30.4 Å². The van der Waals surface area contributed by atoms with Crippen molar-refractivity contribution in [1.29, 1.82) is 0 Å². The lowest BCUT2D eigenvalue weighted by Gasteiger charge is -2.15. The van der Waals surface area contributed by atoms with E-state index in [0.717, 1.165) is 6.08 Å². The maximum absolute atomic E-state index is 10.9. The summed E-state index contributed by atoms with van der Waals surface area (Å²) in [7, 11) is 0. The van der Waals surface area contributed by atoms with Crippen LogP contribution in [0, 0.1) is 0 Å². The third kappa shape index (κ3) is 4.14. The number of hydrogen-bond donors (Lipinski definition) is 1. The van der Waals surface area contributed by atoms with Crippen LogP contribution in [0.1, 0.15) is 0 Å². The first-order valence-corrected chi connectivity index (χ1v) is 4.88. The van der Waals surface area contributed by atoms with Crippen molar-refractivity contribution in [1.82, 2.24) is 0 Å². The van der Waals surface area contributed by atoms with Gasteiger partial charge in [-0.25, -0.2) is 4.79 Å². The molecule has 1 atom stereocenters. The molecule has 1 aromatic carbocycles. The number of aliphatic hydroxyl groups is 1. The Morgan fingerprint density at radius 3 is 2.69 bits per heavy atom. The van der Waals surface area contributed by atoms with Crippen LogP contribution in [-0.2, 0) is 9.53 Å². The number of aliphatic hydroxyl groups excluding tert-OH is 1. The molecule has 1 aromatic rings. The van der Waals surface area contributed by atoms with Crippen LogP contribution < -0.4 is 4.74 Å². The number of carbonyl (C=O) groups is 1. The van der Waals surface area contributed by atoms with Gasteiger partial charge in [0.25, 0.3) is 0 Å². The molecule has 0 aliphatic rings. The zero-order valence-corrected chi connectivity index (χ0v) is 8.83. The summed E-state index contributed by atoms with van der Waals surface area (Å²) in [4.78, 5) is 10.9. The average molecular weight is 222 g/mol. The number of carbonyl (C=O) groups excluding carboxylic acids is 1. The molecule has 0 spiro atoms. The Morgan fingerprint density at radius 1 is 1.44 bits per heavy atom. The Morgan fingerprint density at radius 2 is 2.12 bits per heavy atom. The van der Waals surface area contributed by atoms with Crippen molar-refractivity contribution in [2.24, 2.45) is 0 Å². The maximum atomic E-state index is 10.9. The molecular weight excluding hydrogens is 208 g/mol. The summed E-state index contributed by atoms with van der Waals surface area (Å²) < 4.78 is 10.2. The van der Waals surface area contributed by atoms with Crippen molar-refractivity contribution in [2.45, 2.75) is 6.10 Å². The first-order chi connectivity index (χ1) is 7.76. The van der Waals surface area contributed by atoms with Gasteiger partial charge in [-0.15, -0.1) is 0 Å². The first kappa shape index (κ1) is 12.3. The monoisotopic (exact) mass is 222 g/mol. The molecule has 86 valence electrons. The molecule has 0 saturated heterocycles. The van der Waals surface area contributed by atoms with Crippen LogP contribution in [0.4, 0.5) is 0 Å². The highest BCUT2D eigenvalue weighted by atomic mass is 16.6. The van der Waals surface area contributed by atoms with Gasteiger partial charge in [-0.2, -0.15) is 0 Å². The fourth-order valence-electron chi connectivity index (χ4n) is 1.04. The lowest BCUT2D eigenvalue weighted by atomic mass is 10.3. The molecule has 0 aliphatic carbocycles. The molecule has 0 saturated carbocycles. The molecule has 0 bridgehead atoms. The van der Waals surface area contributed by atoms with E-state index in [1.807, 2.05) is 18.2 Å². The lowest BCUT2D eigenvalue weighted by molar-refractivity contribution is -0.146. The largest absolute Gasteiger partial charge is 0.490 e. The van der Waals surface area contributed by atoms with Gasteiger partial charge in [0.15, 0.2) is 6.10 Å². The summed E-state index contributed by atoms with van der Waals surface area (Å²) in [5.74, 6) is 0.0892. The molecule has 0 amide bonds. The highest BCUT2D eigenvalue weighted by Gasteiger charge is 2.12. The second kappa shape index (κ2) is 6.63. The van der Waals surface area contributed by atoms with E-state index in [-0.39, 0.29) is 13.2 Å². The highest BCUT2D eigenvalue weighted by Crippen LogP contribution is 2.09. The van der Waals surface area contributed by atoms with Crippen LogP contribution >= 0.6 is 0 Å². The summed E-state index contributed by atoms with van der Waals surface area (Å²) in [6.45, 7) is 3.10. The van der Waals surface area contributed by atoms with E-state index in [2.05, 4.69) is 6.58 Å². The molecule has 0 aromatic heterocycles. The SMILES string of the molecule is C=CC(=O)OC(CO)COc1ccccc1. The average Bonchev–Trinajstić information content (AvgIpc) is 2.35. The third-order valence-electron chi connectivity index (χ3n) is 1.83. The summed E-state index contributed by atoms with van der Waals surface area (Å²) in [6, 6.07) is 9.10. The number of ether oxygens (including phenoxy) is 2. The predicted octanol–water partition coefficient (Wildman–Crippen LogP) is 1.16. The summed E-state index contributed by atoms with van der Waals surface area (Å²) in [5.41, 5.74) is 0. The Labute approximate surface area is 94.1 Å². The van der Waals surface area contributed by atoms with Gasteiger partial charge in [-0.1, -0.05) is 24.8 Å². The van der Waals surface area contributed by atoms with Crippen molar-refractivity contribution in [3.05, 3.63) is 43.0 Å². The fraction of sp³-hybridized carbons (Fsp3) is 0.250. The standard InChI is InChI=1S/C12H14O4/c1-2-12(14)16-11(8-13)9-15-10-6-4-3-5-7-10/h2-7,11,13H,1,8-9H2. The Balaban J connectivity index is 2.40. The quantitative estimate of drug-likeness (QED) is 0.579. The topological polar surface area (TPSA) is 55.8 Å². The molecule has 0 aliphatic heterocycles. The fourth-order valence-corrected chi connectivity index (χ4v) is 1.04. The Bertz CT molecular complexity index is 334. The van der Waals surface area contributed by atoms with Crippen LogP contribution in [0.15, 0.2) is 43.0 Å². The zero-order chi connectivity index (χ0) is 11.8. The highest BCUT2D eigenvalue weighted by molar-refractivity contribution is 5.81. The van der Waals surface area contributed by atoms with Gasteiger partial charge in [0.2, 0.25) is 0 Å². The molecule has 0 radical (unpaired) electrons. The van der Waals surface area contributed by atoms with Crippen LogP contribution in [0.3, 0.4) is 0 Å². The molecule has 16 heavy (non-hydrogen) atoms. The smallest absolute Gasteiger partial charge is 0.330 e. The second-order valence-corrected chi connectivity index (χ2v) is 3.07. The Hall–Kier alpha value is -1.81. The zero-order valence-electron chi connectivity index (χ0n) is 8.83. The first-order valence-electron chi connectivity index (χ1n) is 4.88. The molecule has 4 heteroatoms.